The maximum atomic E-state index is 12.1. The van der Waals surface area contributed by atoms with Crippen molar-refractivity contribution in [1.82, 2.24) is 34.4 Å². The van der Waals surface area contributed by atoms with Gasteiger partial charge in [0.05, 0.1) is 42.4 Å². The zero-order valence-corrected chi connectivity index (χ0v) is 20.5. The van der Waals surface area contributed by atoms with Crippen molar-refractivity contribution in [2.75, 3.05) is 26.8 Å². The number of nitrogens with one attached hydrogen (secondary N) is 1. The molecule has 9 nitrogen and oxygen atoms in total. The molecule has 35 heavy (non-hydrogen) atoms. The number of ether oxygens (including phenoxy) is 1. The minimum Gasteiger partial charge on any atom is -0.383 e. The number of methoxy groups -OCH3 is 1. The Morgan fingerprint density at radius 2 is 2.09 bits per heavy atom. The molecule has 0 aliphatic carbocycles. The summed E-state index contributed by atoms with van der Waals surface area (Å²) in [6.07, 6.45) is 8.92. The average molecular weight is 474 g/mol. The van der Waals surface area contributed by atoms with Gasteiger partial charge in [-0.15, -0.1) is 0 Å². The number of rotatable bonds is 7. The Bertz CT molecular complexity index is 1370. The van der Waals surface area contributed by atoms with E-state index < -0.39 is 0 Å². The average Bonchev–Trinajstić information content (AvgIpc) is 3.61. The molecule has 4 aromatic rings. The van der Waals surface area contributed by atoms with Crippen LogP contribution in [0.2, 0.25) is 0 Å². The Kier molecular flexibility index (Phi) is 6.25. The number of nitrogens with zero attached hydrogens (tertiary/aromatic N) is 6. The van der Waals surface area contributed by atoms with E-state index in [1.165, 1.54) is 6.08 Å². The molecule has 0 unspecified atom stereocenters. The van der Waals surface area contributed by atoms with Gasteiger partial charge in [-0.3, -0.25) is 14.6 Å². The molecule has 0 radical (unpaired) electrons. The van der Waals surface area contributed by atoms with Gasteiger partial charge >= 0.3 is 0 Å². The molecule has 1 amide bonds. The molecule has 0 atom stereocenters. The van der Waals surface area contributed by atoms with Crippen LogP contribution in [-0.4, -0.2) is 67.1 Å². The zero-order valence-electron chi connectivity index (χ0n) is 20.5. The summed E-state index contributed by atoms with van der Waals surface area (Å²) in [7, 11) is 3.78. The third kappa shape index (κ3) is 4.16. The van der Waals surface area contributed by atoms with E-state index in [1.807, 2.05) is 28.2 Å². The van der Waals surface area contributed by atoms with E-state index in [-0.39, 0.29) is 11.8 Å². The number of carbonyl (C=O) groups is 1. The predicted octanol–water partition coefficient (Wildman–Crippen LogP) is 3.67. The lowest BCUT2D eigenvalue weighted by Crippen LogP contribution is -2.37. The molecule has 0 spiro atoms. The second-order valence-corrected chi connectivity index (χ2v) is 9.10. The van der Waals surface area contributed by atoms with Crippen LogP contribution in [0.15, 0.2) is 43.4 Å². The van der Waals surface area contributed by atoms with Gasteiger partial charge < -0.3 is 14.2 Å². The topological polar surface area (TPSA) is 93.9 Å². The number of carbonyl (C=O) groups excluding carboxylic acids is 1. The van der Waals surface area contributed by atoms with Crippen LogP contribution in [0.4, 0.5) is 0 Å². The number of H-pyrrole nitrogens is 1. The fourth-order valence-electron chi connectivity index (χ4n) is 5.09. The van der Waals surface area contributed by atoms with E-state index in [4.69, 9.17) is 9.72 Å². The molecule has 1 aliphatic rings. The molecular weight excluding hydrogens is 442 g/mol. The normalized spacial score (nSPS) is 14.7. The molecule has 1 aromatic carbocycles. The van der Waals surface area contributed by atoms with Gasteiger partial charge in [-0.1, -0.05) is 12.6 Å². The van der Waals surface area contributed by atoms with Crippen molar-refractivity contribution < 1.29 is 9.53 Å². The highest BCUT2D eigenvalue weighted by atomic mass is 16.5. The molecule has 1 saturated heterocycles. The van der Waals surface area contributed by atoms with Crippen LogP contribution in [0, 0.1) is 6.92 Å². The molecule has 1 fully saturated rings. The van der Waals surface area contributed by atoms with Gasteiger partial charge in [0.15, 0.2) is 0 Å². The smallest absolute Gasteiger partial charge is 0.245 e. The van der Waals surface area contributed by atoms with Gasteiger partial charge in [-0.2, -0.15) is 10.2 Å². The highest BCUT2D eigenvalue weighted by molar-refractivity contribution is 5.98. The molecule has 4 heterocycles. The monoisotopic (exact) mass is 473 g/mol. The SMILES string of the molecule is C=CC(=O)N1CCC(c2nc(-c3cnn(CCOC)c3)c(-c3c(C)ccc4[nH]ncc34)n2C)CC1. The van der Waals surface area contributed by atoms with E-state index in [0.29, 0.717) is 26.2 Å². The second-order valence-electron chi connectivity index (χ2n) is 9.10. The first-order valence-electron chi connectivity index (χ1n) is 11.9. The number of amides is 1. The summed E-state index contributed by atoms with van der Waals surface area (Å²) < 4.78 is 9.34. The van der Waals surface area contributed by atoms with Gasteiger partial charge in [-0.25, -0.2) is 4.98 Å². The van der Waals surface area contributed by atoms with Crippen molar-refractivity contribution >= 4 is 16.8 Å². The van der Waals surface area contributed by atoms with Crippen LogP contribution in [0.5, 0.6) is 0 Å². The summed E-state index contributed by atoms with van der Waals surface area (Å²) in [5.41, 5.74) is 6.21. The van der Waals surface area contributed by atoms with Gasteiger partial charge in [0, 0.05) is 55.9 Å². The summed E-state index contributed by atoms with van der Waals surface area (Å²) in [6.45, 7) is 8.44. The fraction of sp³-hybridized carbons (Fsp3) is 0.385. The Morgan fingerprint density at radius 1 is 1.29 bits per heavy atom. The maximum absolute atomic E-state index is 12.1. The third-order valence-corrected chi connectivity index (χ3v) is 6.98. The first-order valence-corrected chi connectivity index (χ1v) is 11.9. The summed E-state index contributed by atoms with van der Waals surface area (Å²) >= 11 is 0. The number of aryl methyl sites for hydroxylation is 1. The van der Waals surface area contributed by atoms with Gasteiger partial charge in [-0.05, 0) is 37.5 Å². The zero-order chi connectivity index (χ0) is 24.5. The highest BCUT2D eigenvalue weighted by Crippen LogP contribution is 2.40. The number of benzene rings is 1. The Morgan fingerprint density at radius 3 is 2.83 bits per heavy atom. The van der Waals surface area contributed by atoms with Gasteiger partial charge in [0.1, 0.15) is 5.82 Å². The summed E-state index contributed by atoms with van der Waals surface area (Å²) in [5.74, 6) is 1.29. The van der Waals surface area contributed by atoms with Crippen molar-refractivity contribution in [1.29, 1.82) is 0 Å². The molecule has 182 valence electrons. The van der Waals surface area contributed by atoms with Crippen LogP contribution >= 0.6 is 0 Å². The standard InChI is InChI=1S/C26H31N7O2/c1-5-22(34)32-10-8-18(9-11-32)26-29-24(19-14-28-33(16-19)12-13-35-4)25(31(26)3)23-17(2)6-7-21-20(23)15-27-30-21/h5-7,14-16,18H,1,8-13H2,2-4H3,(H,27,30). The van der Waals surface area contributed by atoms with Crippen molar-refractivity contribution in [2.24, 2.45) is 7.05 Å². The molecule has 1 aliphatic heterocycles. The highest BCUT2D eigenvalue weighted by Gasteiger charge is 2.29. The molecule has 1 N–H and O–H groups in total. The molecule has 9 heteroatoms. The lowest BCUT2D eigenvalue weighted by atomic mass is 9.95. The van der Waals surface area contributed by atoms with Crippen LogP contribution in [0.1, 0.15) is 30.1 Å². The summed E-state index contributed by atoms with van der Waals surface area (Å²) in [4.78, 5) is 19.2. The number of aromatic amines is 1. The Labute approximate surface area is 204 Å². The number of hydrogen-bond donors (Lipinski definition) is 1. The van der Waals surface area contributed by atoms with E-state index in [0.717, 1.165) is 57.6 Å². The lowest BCUT2D eigenvalue weighted by Gasteiger charge is -2.31. The van der Waals surface area contributed by atoms with Crippen LogP contribution in [0.3, 0.4) is 0 Å². The van der Waals surface area contributed by atoms with Crippen LogP contribution < -0.4 is 0 Å². The minimum absolute atomic E-state index is 0.00426. The summed E-state index contributed by atoms with van der Waals surface area (Å²) in [5, 5.41) is 13.0. The van der Waals surface area contributed by atoms with Crippen LogP contribution in [0.25, 0.3) is 33.4 Å². The first-order chi connectivity index (χ1) is 17.0. The Hall–Kier alpha value is -3.72. The number of hydrogen-bond acceptors (Lipinski definition) is 5. The molecule has 3 aromatic heterocycles. The van der Waals surface area contributed by atoms with E-state index in [1.54, 1.807) is 7.11 Å². The van der Waals surface area contributed by atoms with E-state index in [9.17, 15) is 4.79 Å². The van der Waals surface area contributed by atoms with Crippen molar-refractivity contribution in [3.05, 3.63) is 54.8 Å². The van der Waals surface area contributed by atoms with Gasteiger partial charge in [0.2, 0.25) is 5.91 Å². The molecule has 0 saturated carbocycles. The van der Waals surface area contributed by atoms with E-state index >= 15 is 0 Å². The minimum atomic E-state index is -0.00426. The van der Waals surface area contributed by atoms with Crippen LogP contribution in [-0.2, 0) is 23.1 Å². The molecule has 5 rings (SSSR count). The number of likely N-dealkylation sites (tertiary alicyclic amines) is 1. The van der Waals surface area contributed by atoms with Crippen molar-refractivity contribution in [3.63, 3.8) is 0 Å². The maximum Gasteiger partial charge on any atom is 0.245 e. The first kappa shape index (κ1) is 23.0. The number of fused-ring (bicyclic) bond motifs is 1. The Balaban J connectivity index is 1.61. The predicted molar refractivity (Wildman–Crippen MR) is 135 cm³/mol. The van der Waals surface area contributed by atoms with E-state index in [2.05, 4.69) is 52.5 Å². The fourth-order valence-corrected chi connectivity index (χ4v) is 5.09. The molecular formula is C26H31N7O2. The lowest BCUT2D eigenvalue weighted by molar-refractivity contribution is -0.127. The van der Waals surface area contributed by atoms with Crippen molar-refractivity contribution in [3.8, 4) is 22.5 Å². The second kappa shape index (κ2) is 9.50. The number of piperidine rings is 1. The van der Waals surface area contributed by atoms with Crippen molar-refractivity contribution in [2.45, 2.75) is 32.2 Å². The van der Waals surface area contributed by atoms with Gasteiger partial charge in [0.25, 0.3) is 0 Å². The molecule has 0 bridgehead atoms. The summed E-state index contributed by atoms with van der Waals surface area (Å²) in [6, 6.07) is 4.18. The third-order valence-electron chi connectivity index (χ3n) is 6.98. The quantitative estimate of drug-likeness (QED) is 0.413. The number of aromatic nitrogens is 6. The largest absolute Gasteiger partial charge is 0.383 e. The number of imidazole rings is 1.